The molecule has 0 aromatic carbocycles. The zero-order valence-electron chi connectivity index (χ0n) is 5.10. The van der Waals surface area contributed by atoms with Crippen LogP contribution in [0.2, 0.25) is 0 Å². The number of aryl methyl sites for hydroxylation is 2. The molecule has 42 valence electrons. The molecule has 1 rings (SSSR count). The molecule has 8 heavy (non-hydrogen) atoms. The van der Waals surface area contributed by atoms with Crippen LogP contribution in [0.5, 0.6) is 0 Å². The molecule has 1 heterocycles. The minimum atomic E-state index is 0. The molecule has 0 N–H and O–H groups in total. The molecule has 1 aromatic heterocycles. The van der Waals surface area contributed by atoms with E-state index in [4.69, 9.17) is 0 Å². The van der Waals surface area contributed by atoms with Crippen molar-refractivity contribution < 1.29 is 26.2 Å². The summed E-state index contributed by atoms with van der Waals surface area (Å²) >= 11 is 0. The summed E-state index contributed by atoms with van der Waals surface area (Å²) in [4.78, 5) is 0. The molecule has 1 aromatic rings. The second-order valence-electron chi connectivity index (χ2n) is 1.71. The van der Waals surface area contributed by atoms with Gasteiger partial charge in [0.05, 0.1) is 0 Å². The Bertz CT molecular complexity index is 141. The van der Waals surface area contributed by atoms with Crippen LogP contribution in [0.1, 0.15) is 10.9 Å². The summed E-state index contributed by atoms with van der Waals surface area (Å²) < 4.78 is 0. The third kappa shape index (κ3) is 1.88. The molecule has 0 bridgehead atoms. The van der Waals surface area contributed by atoms with Crippen molar-refractivity contribution in [2.75, 3.05) is 0 Å². The van der Waals surface area contributed by atoms with Crippen molar-refractivity contribution in [3.63, 3.8) is 0 Å². The molecule has 0 amide bonds. The minimum absolute atomic E-state index is 0. The average molecular weight is 202 g/mol. The van der Waals surface area contributed by atoms with E-state index in [0.717, 1.165) is 0 Å². The van der Waals surface area contributed by atoms with Crippen LogP contribution in [-0.4, -0.2) is 0 Å². The summed E-state index contributed by atoms with van der Waals surface area (Å²) in [6, 6.07) is 2.16. The van der Waals surface area contributed by atoms with Crippen LogP contribution in [0.4, 0.5) is 0 Å². The zero-order chi connectivity index (χ0) is 5.28. The van der Waals surface area contributed by atoms with E-state index in [0.29, 0.717) is 0 Å². The van der Waals surface area contributed by atoms with Crippen LogP contribution in [-0.2, 0) is 26.2 Å². The van der Waals surface area contributed by atoms with Gasteiger partial charge in [0.1, 0.15) is 0 Å². The topological polar surface area (TPSA) is 0 Å². The van der Waals surface area contributed by atoms with Gasteiger partial charge in [0.2, 0.25) is 0 Å². The summed E-state index contributed by atoms with van der Waals surface area (Å²) in [5.41, 5.74) is 1.43. The molecule has 0 nitrogen and oxygen atoms in total. The maximum atomic E-state index is 2.17. The molecule has 0 aliphatic heterocycles. The maximum absolute atomic E-state index is 2.17. The standard InChI is InChI=1S/C6H8P.Zr/c1-5-3-4-7-6(5)2;/h3-4H,1-2H3;/q-1;. The Kier molecular flexibility index (Phi) is 3.95. The molecule has 0 saturated carbocycles. The van der Waals surface area contributed by atoms with Crippen LogP contribution < -0.4 is 0 Å². The Hall–Kier alpha value is 0.663. The predicted molar refractivity (Wildman–Crippen MR) is 34.0 cm³/mol. The Morgan fingerprint density at radius 2 is 2.25 bits per heavy atom. The molecule has 0 aliphatic rings. The molecule has 2 heteroatoms. The third-order valence-corrected chi connectivity index (χ3v) is 2.20. The molecule has 0 spiro atoms. The average Bonchev–Trinajstić information content (AvgIpc) is 1.91. The summed E-state index contributed by atoms with van der Waals surface area (Å²) in [5, 5.41) is 1.49. The van der Waals surface area contributed by atoms with E-state index in [9.17, 15) is 0 Å². The Morgan fingerprint density at radius 1 is 1.62 bits per heavy atom. The maximum Gasteiger partial charge on any atom is 0 e. The fourth-order valence-electron chi connectivity index (χ4n) is 0.483. The van der Waals surface area contributed by atoms with E-state index >= 15 is 0 Å². The van der Waals surface area contributed by atoms with Gasteiger partial charge in [-0.2, -0.15) is 11.4 Å². The van der Waals surface area contributed by atoms with Crippen molar-refractivity contribution in [2.24, 2.45) is 0 Å². The van der Waals surface area contributed by atoms with E-state index in [1.165, 1.54) is 19.1 Å². The second-order valence-corrected chi connectivity index (χ2v) is 2.94. The first kappa shape index (κ1) is 8.66. The molecule has 0 aliphatic carbocycles. The fraction of sp³-hybridized carbons (Fsp3) is 0.333. The molecular weight excluding hydrogens is 194 g/mol. The SMILES string of the molecule is Cc1ccp[c-]1C.[Zr]. The van der Waals surface area contributed by atoms with E-state index in [2.05, 4.69) is 25.7 Å². The molecule has 0 saturated heterocycles. The van der Waals surface area contributed by atoms with E-state index < -0.39 is 0 Å². The van der Waals surface area contributed by atoms with E-state index in [1.54, 1.807) is 0 Å². The van der Waals surface area contributed by atoms with Gasteiger partial charge in [-0.1, -0.05) is 13.8 Å². The van der Waals surface area contributed by atoms with Gasteiger partial charge in [0.25, 0.3) is 0 Å². The van der Waals surface area contributed by atoms with Crippen LogP contribution in [0, 0.1) is 13.8 Å². The van der Waals surface area contributed by atoms with E-state index in [-0.39, 0.29) is 26.2 Å². The first-order valence-corrected chi connectivity index (χ1v) is 3.32. The first-order valence-electron chi connectivity index (χ1n) is 2.35. The van der Waals surface area contributed by atoms with Crippen LogP contribution in [0.15, 0.2) is 11.9 Å². The number of hydrogen-bond donors (Lipinski definition) is 0. The fourth-order valence-corrected chi connectivity index (χ4v) is 1.28. The minimum Gasteiger partial charge on any atom is -0.224 e. The normalized spacial score (nSPS) is 9.25. The number of rotatable bonds is 0. The molecule has 0 radical (unpaired) electrons. The Balaban J connectivity index is 0.000000490. The van der Waals surface area contributed by atoms with Crippen LogP contribution >= 0.6 is 8.19 Å². The molecular formula is C6H8PZr-. The van der Waals surface area contributed by atoms with Gasteiger partial charge in [0, 0.05) is 26.2 Å². The van der Waals surface area contributed by atoms with Crippen LogP contribution in [0.3, 0.4) is 0 Å². The van der Waals surface area contributed by atoms with Gasteiger partial charge in [0.15, 0.2) is 0 Å². The first-order chi connectivity index (χ1) is 3.30. The molecule has 0 fully saturated rings. The Morgan fingerprint density at radius 3 is 2.38 bits per heavy atom. The van der Waals surface area contributed by atoms with Crippen molar-refractivity contribution in [2.45, 2.75) is 13.8 Å². The van der Waals surface area contributed by atoms with Crippen molar-refractivity contribution in [3.05, 3.63) is 22.7 Å². The molecule has 0 unspecified atom stereocenters. The van der Waals surface area contributed by atoms with Gasteiger partial charge in [-0.15, -0.1) is 5.30 Å². The van der Waals surface area contributed by atoms with Gasteiger partial charge in [-0.05, 0) is 0 Å². The van der Waals surface area contributed by atoms with Gasteiger partial charge in [-0.3, -0.25) is 0 Å². The van der Waals surface area contributed by atoms with E-state index in [1.807, 2.05) is 0 Å². The van der Waals surface area contributed by atoms with Crippen molar-refractivity contribution in [1.29, 1.82) is 0 Å². The largest absolute Gasteiger partial charge is 0.224 e. The smallest absolute Gasteiger partial charge is 0 e. The van der Waals surface area contributed by atoms with Crippen molar-refractivity contribution in [3.8, 4) is 0 Å². The zero-order valence-corrected chi connectivity index (χ0v) is 8.45. The predicted octanol–water partition coefficient (Wildman–Crippen LogP) is 2.60. The van der Waals surface area contributed by atoms with Crippen LogP contribution in [0.25, 0.3) is 0 Å². The second kappa shape index (κ2) is 3.64. The molecule has 0 atom stereocenters. The van der Waals surface area contributed by atoms with Gasteiger partial charge >= 0.3 is 0 Å². The Labute approximate surface area is 70.9 Å². The van der Waals surface area contributed by atoms with Gasteiger partial charge in [-0.25, -0.2) is 14.3 Å². The summed E-state index contributed by atoms with van der Waals surface area (Å²) in [6.07, 6.45) is 0. The summed E-state index contributed by atoms with van der Waals surface area (Å²) in [5.74, 6) is 2.17. The van der Waals surface area contributed by atoms with Crippen molar-refractivity contribution >= 4 is 8.19 Å². The summed E-state index contributed by atoms with van der Waals surface area (Å²) in [7, 11) is 1.38. The third-order valence-electron chi connectivity index (χ3n) is 1.16. The van der Waals surface area contributed by atoms with Gasteiger partial charge < -0.3 is 0 Å². The quantitative estimate of drug-likeness (QED) is 0.567. The van der Waals surface area contributed by atoms with Crippen molar-refractivity contribution in [1.82, 2.24) is 0 Å². The summed E-state index contributed by atoms with van der Waals surface area (Å²) in [6.45, 7) is 4.31. The number of hydrogen-bond acceptors (Lipinski definition) is 0. The monoisotopic (exact) mass is 201 g/mol.